The quantitative estimate of drug-likeness (QED) is 0.285. The van der Waals surface area contributed by atoms with Gasteiger partial charge in [0.1, 0.15) is 17.3 Å². The van der Waals surface area contributed by atoms with Crippen molar-refractivity contribution < 1.29 is 23.7 Å². The number of rotatable bonds is 7. The summed E-state index contributed by atoms with van der Waals surface area (Å²) in [6.45, 7) is 0. The third kappa shape index (κ3) is 4.39. The van der Waals surface area contributed by atoms with Gasteiger partial charge in [-0.1, -0.05) is 30.3 Å². The molecule has 0 saturated carbocycles. The Hall–Kier alpha value is -4.92. The van der Waals surface area contributed by atoms with E-state index in [4.69, 9.17) is 18.9 Å². The van der Waals surface area contributed by atoms with Gasteiger partial charge >= 0.3 is 0 Å². The van der Waals surface area contributed by atoms with E-state index < -0.39 is 5.92 Å². The third-order valence-corrected chi connectivity index (χ3v) is 7.50. The number of ether oxygens (including phenoxy) is 4. The third-order valence-electron chi connectivity index (χ3n) is 7.50. The molecule has 6 rings (SSSR count). The van der Waals surface area contributed by atoms with Crippen LogP contribution in [0.25, 0.3) is 0 Å². The maximum Gasteiger partial charge on any atom is 0.270 e. The first-order valence-electron chi connectivity index (χ1n) is 13.0. The lowest BCUT2D eigenvalue weighted by atomic mass is 9.72. The van der Waals surface area contributed by atoms with Crippen molar-refractivity contribution in [2.75, 3.05) is 26.6 Å². The number of carbonyl (C=O) groups is 1. The zero-order valence-corrected chi connectivity index (χ0v) is 22.4. The van der Waals surface area contributed by atoms with Crippen LogP contribution in [-0.4, -0.2) is 37.3 Å². The molecule has 1 aromatic heterocycles. The zero-order chi connectivity index (χ0) is 27.8. The minimum Gasteiger partial charge on any atom is -0.493 e. The van der Waals surface area contributed by atoms with Gasteiger partial charge in [0.15, 0.2) is 17.3 Å². The molecule has 9 nitrogen and oxygen atoms in total. The lowest BCUT2D eigenvalue weighted by Gasteiger charge is -2.35. The lowest BCUT2D eigenvalue weighted by molar-refractivity contribution is -0.116. The Balaban J connectivity index is 1.41. The van der Waals surface area contributed by atoms with Gasteiger partial charge in [0.05, 0.1) is 26.9 Å². The van der Waals surface area contributed by atoms with Gasteiger partial charge in [0, 0.05) is 23.6 Å². The van der Waals surface area contributed by atoms with E-state index in [9.17, 15) is 9.59 Å². The fourth-order valence-electron chi connectivity index (χ4n) is 5.71. The first-order valence-corrected chi connectivity index (χ1v) is 13.0. The van der Waals surface area contributed by atoms with E-state index in [1.165, 1.54) is 0 Å². The summed E-state index contributed by atoms with van der Waals surface area (Å²) < 4.78 is 22.6. The number of allylic oxidation sites excluding steroid dienone is 2. The summed E-state index contributed by atoms with van der Waals surface area (Å²) in [6, 6.07) is 20.8. The van der Waals surface area contributed by atoms with Gasteiger partial charge in [0.2, 0.25) is 5.75 Å². The second-order valence-electron chi connectivity index (χ2n) is 9.79. The summed E-state index contributed by atoms with van der Waals surface area (Å²) in [5.41, 5.74) is 3.28. The fourth-order valence-corrected chi connectivity index (χ4v) is 5.71. The van der Waals surface area contributed by atoms with Gasteiger partial charge in [-0.15, -0.1) is 0 Å². The molecule has 1 aliphatic carbocycles. The molecular weight excluding hydrogens is 510 g/mol. The van der Waals surface area contributed by atoms with Crippen LogP contribution in [0.2, 0.25) is 0 Å². The Kier molecular flexibility index (Phi) is 6.55. The van der Waals surface area contributed by atoms with Gasteiger partial charge < -0.3 is 24.3 Å². The van der Waals surface area contributed by atoms with Gasteiger partial charge in [0.25, 0.3) is 5.56 Å². The Bertz CT molecular complexity index is 1640. The fraction of sp³-hybridized carbons (Fsp3) is 0.226. The van der Waals surface area contributed by atoms with E-state index in [2.05, 4.69) is 15.5 Å². The lowest BCUT2D eigenvalue weighted by Crippen LogP contribution is -2.31. The monoisotopic (exact) mass is 539 g/mol. The number of methoxy groups -OCH3 is 3. The molecular formula is C31H29N3O6. The van der Waals surface area contributed by atoms with E-state index in [0.717, 1.165) is 16.8 Å². The molecule has 2 heterocycles. The van der Waals surface area contributed by atoms with Crippen LogP contribution < -0.4 is 29.8 Å². The zero-order valence-electron chi connectivity index (χ0n) is 22.4. The van der Waals surface area contributed by atoms with Crippen LogP contribution in [0.4, 0.5) is 5.82 Å². The molecule has 0 fully saturated rings. The highest BCUT2D eigenvalue weighted by Gasteiger charge is 2.41. The number of para-hydroxylation sites is 1. The van der Waals surface area contributed by atoms with Crippen molar-refractivity contribution in [3.8, 4) is 28.7 Å². The van der Waals surface area contributed by atoms with Gasteiger partial charge in [-0.25, -0.2) is 0 Å². The molecule has 2 aliphatic rings. The maximum atomic E-state index is 13.9. The molecule has 40 heavy (non-hydrogen) atoms. The molecule has 0 spiro atoms. The number of benzene rings is 3. The van der Waals surface area contributed by atoms with Crippen LogP contribution in [-0.2, 0) is 4.79 Å². The predicted molar refractivity (Wildman–Crippen MR) is 150 cm³/mol. The molecule has 3 N–H and O–H groups in total. The Morgan fingerprint density at radius 3 is 2.17 bits per heavy atom. The highest BCUT2D eigenvalue weighted by Crippen LogP contribution is 2.49. The van der Waals surface area contributed by atoms with Crippen molar-refractivity contribution in [1.29, 1.82) is 0 Å². The van der Waals surface area contributed by atoms with E-state index in [-0.39, 0.29) is 23.7 Å². The number of nitrogens with one attached hydrogen (secondary N) is 3. The van der Waals surface area contributed by atoms with E-state index >= 15 is 0 Å². The van der Waals surface area contributed by atoms with Crippen LogP contribution in [0.3, 0.4) is 0 Å². The summed E-state index contributed by atoms with van der Waals surface area (Å²) in [4.78, 5) is 26.9. The standard InChI is InChI=1S/C31H29N3O6/c1-37-24-15-19(16-25(38-2)29(24)39-3)18-13-22-27(23(35)14-18)26(28-30(32-22)33-34-31(28)36)17-8-7-11-21(12-17)40-20-9-5-4-6-10-20/h4-12,15-16,18,26H,13-14H2,1-3H3,(H3,32,33,34,36). The Morgan fingerprint density at radius 1 is 0.750 bits per heavy atom. The van der Waals surface area contributed by atoms with Crippen molar-refractivity contribution in [3.05, 3.63) is 105 Å². The first kappa shape index (κ1) is 25.4. The van der Waals surface area contributed by atoms with Crippen LogP contribution in [0, 0.1) is 0 Å². The minimum absolute atomic E-state index is 0.0295. The van der Waals surface area contributed by atoms with E-state index in [0.29, 0.717) is 52.1 Å². The number of hydrogen-bond acceptors (Lipinski definition) is 7. The van der Waals surface area contributed by atoms with Crippen molar-refractivity contribution in [2.45, 2.75) is 24.7 Å². The average Bonchev–Trinajstić information content (AvgIpc) is 3.35. The largest absolute Gasteiger partial charge is 0.493 e. The Morgan fingerprint density at radius 2 is 1.48 bits per heavy atom. The molecule has 0 radical (unpaired) electrons. The predicted octanol–water partition coefficient (Wildman–Crippen LogP) is 5.48. The van der Waals surface area contributed by atoms with E-state index in [1.807, 2.05) is 66.7 Å². The van der Waals surface area contributed by atoms with Crippen molar-refractivity contribution >= 4 is 11.6 Å². The number of aromatic amines is 2. The van der Waals surface area contributed by atoms with Gasteiger partial charge in [-0.2, -0.15) is 0 Å². The maximum absolute atomic E-state index is 13.9. The van der Waals surface area contributed by atoms with Crippen LogP contribution >= 0.6 is 0 Å². The summed E-state index contributed by atoms with van der Waals surface area (Å²) in [6.07, 6.45) is 0.830. The van der Waals surface area contributed by atoms with Crippen molar-refractivity contribution in [1.82, 2.24) is 10.2 Å². The normalized spacial score (nSPS) is 17.9. The van der Waals surface area contributed by atoms with Gasteiger partial charge in [-0.05, 0) is 59.9 Å². The van der Waals surface area contributed by atoms with Crippen molar-refractivity contribution in [2.24, 2.45) is 0 Å². The number of Topliss-reactive ketones (excluding diaryl/α,β-unsaturated/α-hetero) is 1. The number of ketones is 1. The SMILES string of the molecule is COc1cc(C2CC(=O)C3=C(C2)Nc2[nH][nH]c(=O)c2C3c2cccc(Oc3ccccc3)c2)cc(OC)c1OC. The smallest absolute Gasteiger partial charge is 0.270 e. The van der Waals surface area contributed by atoms with Crippen LogP contribution in [0.5, 0.6) is 28.7 Å². The molecule has 0 bridgehead atoms. The summed E-state index contributed by atoms with van der Waals surface area (Å²) >= 11 is 0. The molecule has 1 aliphatic heterocycles. The summed E-state index contributed by atoms with van der Waals surface area (Å²) in [5, 5.41) is 8.97. The average molecular weight is 540 g/mol. The molecule has 3 aromatic carbocycles. The Labute approximate surface area is 230 Å². The summed E-state index contributed by atoms with van der Waals surface area (Å²) in [7, 11) is 4.70. The molecule has 2 atom stereocenters. The second kappa shape index (κ2) is 10.3. The number of aromatic nitrogens is 2. The van der Waals surface area contributed by atoms with Crippen LogP contribution in [0.15, 0.2) is 82.8 Å². The molecule has 0 amide bonds. The second-order valence-corrected chi connectivity index (χ2v) is 9.79. The molecule has 9 heteroatoms. The number of carbonyl (C=O) groups excluding carboxylic acids is 1. The summed E-state index contributed by atoms with van der Waals surface area (Å²) in [5.74, 6) is 2.74. The van der Waals surface area contributed by atoms with Gasteiger partial charge in [-0.3, -0.25) is 19.8 Å². The highest BCUT2D eigenvalue weighted by molar-refractivity contribution is 6.01. The minimum atomic E-state index is -0.547. The molecule has 204 valence electrons. The number of fused-ring (bicyclic) bond motifs is 1. The highest BCUT2D eigenvalue weighted by atomic mass is 16.5. The molecule has 0 saturated heterocycles. The molecule has 4 aromatic rings. The van der Waals surface area contributed by atoms with Crippen molar-refractivity contribution in [3.63, 3.8) is 0 Å². The van der Waals surface area contributed by atoms with E-state index in [1.54, 1.807) is 21.3 Å². The molecule has 2 unspecified atom stereocenters. The number of anilines is 1. The first-order chi connectivity index (χ1) is 19.5. The van der Waals surface area contributed by atoms with Crippen LogP contribution in [0.1, 0.15) is 41.4 Å². The number of H-pyrrole nitrogens is 2. The topological polar surface area (TPSA) is 115 Å². The number of hydrogen-bond donors (Lipinski definition) is 3.